The van der Waals surface area contributed by atoms with E-state index in [1.54, 1.807) is 0 Å². The lowest BCUT2D eigenvalue weighted by atomic mass is 10.0. The highest BCUT2D eigenvalue weighted by molar-refractivity contribution is 6.30. The Labute approximate surface area is 88.8 Å². The van der Waals surface area contributed by atoms with Crippen LogP contribution in [0, 0.1) is 11.6 Å². The second-order valence-corrected chi connectivity index (χ2v) is 3.40. The van der Waals surface area contributed by atoms with E-state index in [4.69, 9.17) is 17.3 Å². The molecule has 1 atom stereocenters. The van der Waals surface area contributed by atoms with Gasteiger partial charge in [0.2, 0.25) is 6.43 Å². The minimum absolute atomic E-state index is 0.337. The average molecular weight is 242 g/mol. The SMILES string of the molecule is N[C@H](CC(F)F)c1c(F)ccc(Cl)c1F. The number of benzene rings is 1. The Morgan fingerprint density at radius 2 is 1.87 bits per heavy atom. The Morgan fingerprint density at radius 1 is 1.27 bits per heavy atom. The molecule has 1 aromatic rings. The molecule has 0 amide bonds. The molecule has 0 aromatic heterocycles. The van der Waals surface area contributed by atoms with E-state index in [1.807, 2.05) is 0 Å². The number of rotatable bonds is 3. The molecule has 0 aliphatic heterocycles. The van der Waals surface area contributed by atoms with E-state index in [9.17, 15) is 17.6 Å². The molecule has 0 fully saturated rings. The van der Waals surface area contributed by atoms with Crippen molar-refractivity contribution < 1.29 is 17.6 Å². The molecule has 0 aliphatic rings. The van der Waals surface area contributed by atoms with E-state index < -0.39 is 36.1 Å². The minimum Gasteiger partial charge on any atom is -0.324 e. The van der Waals surface area contributed by atoms with Gasteiger partial charge >= 0.3 is 0 Å². The molecule has 0 heterocycles. The molecule has 1 nitrogen and oxygen atoms in total. The predicted molar refractivity (Wildman–Crippen MR) is 48.9 cm³/mol. The van der Waals surface area contributed by atoms with E-state index >= 15 is 0 Å². The molecule has 2 N–H and O–H groups in total. The standard InChI is InChI=1S/C9H8ClF4N/c10-4-1-2-5(11)8(9(4)14)6(15)3-7(12)13/h1-2,6-7H,3,15H2/t6-/m1/s1. The monoisotopic (exact) mass is 241 g/mol. The summed E-state index contributed by atoms with van der Waals surface area (Å²) in [5.41, 5.74) is 4.65. The van der Waals surface area contributed by atoms with Crippen molar-refractivity contribution >= 4 is 11.6 Å². The van der Waals surface area contributed by atoms with Crippen molar-refractivity contribution in [1.29, 1.82) is 0 Å². The second-order valence-electron chi connectivity index (χ2n) is 2.99. The highest BCUT2D eigenvalue weighted by atomic mass is 35.5. The van der Waals surface area contributed by atoms with Crippen LogP contribution in [0.4, 0.5) is 17.6 Å². The summed E-state index contributed by atoms with van der Waals surface area (Å²) < 4.78 is 50.3. The van der Waals surface area contributed by atoms with Crippen molar-refractivity contribution in [1.82, 2.24) is 0 Å². The molecule has 1 rings (SSSR count). The first kappa shape index (κ1) is 12.3. The van der Waals surface area contributed by atoms with Gasteiger partial charge in [0, 0.05) is 18.0 Å². The Kier molecular flexibility index (Phi) is 3.93. The van der Waals surface area contributed by atoms with Gasteiger partial charge in [-0.25, -0.2) is 17.6 Å². The van der Waals surface area contributed by atoms with Gasteiger partial charge in [0.15, 0.2) is 0 Å². The summed E-state index contributed by atoms with van der Waals surface area (Å²) >= 11 is 5.38. The third kappa shape index (κ3) is 2.82. The normalized spacial score (nSPS) is 13.3. The van der Waals surface area contributed by atoms with Crippen LogP contribution in [0.2, 0.25) is 5.02 Å². The molecule has 0 spiro atoms. The topological polar surface area (TPSA) is 26.0 Å². The van der Waals surface area contributed by atoms with Crippen LogP contribution in [0.25, 0.3) is 0 Å². The summed E-state index contributed by atoms with van der Waals surface area (Å²) in [5, 5.41) is -0.337. The van der Waals surface area contributed by atoms with Crippen LogP contribution in [-0.4, -0.2) is 6.43 Å². The second kappa shape index (κ2) is 4.81. The quantitative estimate of drug-likeness (QED) is 0.638. The zero-order valence-electron chi connectivity index (χ0n) is 7.48. The summed E-state index contributed by atoms with van der Waals surface area (Å²) in [7, 11) is 0. The molecule has 6 heteroatoms. The van der Waals surface area contributed by atoms with Crippen LogP contribution in [0.3, 0.4) is 0 Å². The zero-order chi connectivity index (χ0) is 11.6. The molecule has 0 radical (unpaired) electrons. The zero-order valence-corrected chi connectivity index (χ0v) is 8.24. The predicted octanol–water partition coefficient (Wildman–Crippen LogP) is 3.27. The molecule has 15 heavy (non-hydrogen) atoms. The molecular weight excluding hydrogens is 234 g/mol. The Bertz CT molecular complexity index is 356. The number of halogens is 5. The van der Waals surface area contributed by atoms with Gasteiger partial charge in [-0.05, 0) is 12.1 Å². The van der Waals surface area contributed by atoms with Gasteiger partial charge in [-0.15, -0.1) is 0 Å². The van der Waals surface area contributed by atoms with Crippen LogP contribution < -0.4 is 5.73 Å². The Hall–Kier alpha value is -0.810. The highest BCUT2D eigenvalue weighted by Gasteiger charge is 2.21. The molecular formula is C9H8ClF4N. The lowest BCUT2D eigenvalue weighted by molar-refractivity contribution is 0.127. The van der Waals surface area contributed by atoms with Gasteiger partial charge in [0.1, 0.15) is 11.6 Å². The van der Waals surface area contributed by atoms with Crippen molar-refractivity contribution in [2.75, 3.05) is 0 Å². The largest absolute Gasteiger partial charge is 0.324 e. The third-order valence-corrected chi connectivity index (χ3v) is 2.17. The lowest BCUT2D eigenvalue weighted by Gasteiger charge is -2.13. The summed E-state index contributed by atoms with van der Waals surface area (Å²) in [6, 6.07) is 0.500. The Balaban J connectivity index is 3.07. The first-order chi connectivity index (χ1) is 6.93. The van der Waals surface area contributed by atoms with E-state index in [0.29, 0.717) is 0 Å². The maximum atomic E-state index is 13.3. The fourth-order valence-corrected chi connectivity index (χ4v) is 1.36. The van der Waals surface area contributed by atoms with Crippen molar-refractivity contribution in [2.24, 2.45) is 5.73 Å². The molecule has 84 valence electrons. The van der Waals surface area contributed by atoms with Gasteiger partial charge in [-0.1, -0.05) is 11.6 Å². The summed E-state index contributed by atoms with van der Waals surface area (Å²) in [6.07, 6.45) is -3.54. The maximum absolute atomic E-state index is 13.3. The fraction of sp³-hybridized carbons (Fsp3) is 0.333. The maximum Gasteiger partial charge on any atom is 0.240 e. The third-order valence-electron chi connectivity index (χ3n) is 1.88. The first-order valence-electron chi connectivity index (χ1n) is 4.10. The van der Waals surface area contributed by atoms with Crippen LogP contribution in [0.5, 0.6) is 0 Å². The van der Waals surface area contributed by atoms with Gasteiger partial charge in [-0.3, -0.25) is 0 Å². The molecule has 0 aliphatic carbocycles. The lowest BCUT2D eigenvalue weighted by Crippen LogP contribution is -2.17. The van der Waals surface area contributed by atoms with Crippen molar-refractivity contribution in [3.63, 3.8) is 0 Å². The summed E-state index contributed by atoms with van der Waals surface area (Å²) in [6.45, 7) is 0. The van der Waals surface area contributed by atoms with Crippen LogP contribution in [0.1, 0.15) is 18.0 Å². The van der Waals surface area contributed by atoms with Crippen molar-refractivity contribution in [3.8, 4) is 0 Å². The number of hydrogen-bond acceptors (Lipinski definition) is 1. The van der Waals surface area contributed by atoms with Crippen molar-refractivity contribution in [2.45, 2.75) is 18.9 Å². The number of alkyl halides is 2. The van der Waals surface area contributed by atoms with Gasteiger partial charge in [0.25, 0.3) is 0 Å². The molecule has 0 saturated heterocycles. The van der Waals surface area contributed by atoms with Crippen LogP contribution >= 0.6 is 11.6 Å². The van der Waals surface area contributed by atoms with Gasteiger partial charge in [0.05, 0.1) is 5.02 Å². The van der Waals surface area contributed by atoms with E-state index in [2.05, 4.69) is 0 Å². The Morgan fingerprint density at radius 3 is 2.40 bits per heavy atom. The van der Waals surface area contributed by atoms with E-state index in [-0.39, 0.29) is 5.02 Å². The summed E-state index contributed by atoms with van der Waals surface area (Å²) in [5.74, 6) is -2.05. The van der Waals surface area contributed by atoms with Gasteiger partial charge in [-0.2, -0.15) is 0 Å². The van der Waals surface area contributed by atoms with E-state index in [0.717, 1.165) is 12.1 Å². The van der Waals surface area contributed by atoms with E-state index in [1.165, 1.54) is 0 Å². The molecule has 0 saturated carbocycles. The highest BCUT2D eigenvalue weighted by Crippen LogP contribution is 2.28. The molecule has 1 aromatic carbocycles. The van der Waals surface area contributed by atoms with Crippen LogP contribution in [0.15, 0.2) is 12.1 Å². The van der Waals surface area contributed by atoms with Crippen LogP contribution in [-0.2, 0) is 0 Å². The summed E-state index contributed by atoms with van der Waals surface area (Å²) in [4.78, 5) is 0. The molecule has 0 unspecified atom stereocenters. The van der Waals surface area contributed by atoms with Gasteiger partial charge < -0.3 is 5.73 Å². The smallest absolute Gasteiger partial charge is 0.240 e. The number of nitrogens with two attached hydrogens (primary N) is 1. The number of hydrogen-bond donors (Lipinski definition) is 1. The van der Waals surface area contributed by atoms with Crippen molar-refractivity contribution in [3.05, 3.63) is 34.4 Å². The minimum atomic E-state index is -2.72. The first-order valence-corrected chi connectivity index (χ1v) is 4.48. The fourth-order valence-electron chi connectivity index (χ4n) is 1.19. The average Bonchev–Trinajstić information content (AvgIpc) is 2.11. The molecule has 0 bridgehead atoms.